The molecule has 4 rings (SSSR count). The molecule has 1 aliphatic rings. The molecule has 1 saturated heterocycles. The molecular weight excluding hydrogens is 434 g/mol. The second-order valence-electron chi connectivity index (χ2n) is 7.10. The molecule has 11 heteroatoms. The topological polar surface area (TPSA) is 120 Å². The molecule has 0 amide bonds. The summed E-state index contributed by atoms with van der Waals surface area (Å²) in [5.74, 6) is 1.57. The highest BCUT2D eigenvalue weighted by molar-refractivity contribution is 6.28. The van der Waals surface area contributed by atoms with E-state index in [1.807, 2.05) is 24.3 Å². The Morgan fingerprint density at radius 1 is 1.12 bits per heavy atom. The van der Waals surface area contributed by atoms with E-state index in [0.717, 1.165) is 44.0 Å². The second kappa shape index (κ2) is 11.0. The largest absolute Gasteiger partial charge is 0.761 e. The maximum absolute atomic E-state index is 11.0. The molecule has 1 aliphatic heterocycles. The van der Waals surface area contributed by atoms with Gasteiger partial charge in [-0.15, -0.1) is 0 Å². The van der Waals surface area contributed by atoms with Gasteiger partial charge in [0.1, 0.15) is 6.61 Å². The zero-order chi connectivity index (χ0) is 22.2. The Morgan fingerprint density at radius 3 is 2.72 bits per heavy atom. The molecule has 3 aromatic rings. The van der Waals surface area contributed by atoms with E-state index in [-0.39, 0.29) is 11.0 Å². The molecule has 0 aliphatic carbocycles. The number of hydrogen-bond acceptors (Lipinski definition) is 10. The minimum atomic E-state index is 0.0564. The van der Waals surface area contributed by atoms with Crippen LogP contribution in [0.5, 0.6) is 5.75 Å². The molecule has 32 heavy (non-hydrogen) atoms. The zero-order valence-electron chi connectivity index (χ0n) is 17.3. The van der Waals surface area contributed by atoms with Gasteiger partial charge in [0.25, 0.3) is 0 Å². The first-order valence-corrected chi connectivity index (χ1v) is 10.6. The summed E-state index contributed by atoms with van der Waals surface area (Å²) in [6.07, 6.45) is 4.70. The molecule has 10 nitrogen and oxygen atoms in total. The van der Waals surface area contributed by atoms with Crippen LogP contribution in [0, 0.1) is 5.21 Å². The van der Waals surface area contributed by atoms with Crippen molar-refractivity contribution in [3.63, 3.8) is 0 Å². The summed E-state index contributed by atoms with van der Waals surface area (Å²) in [6, 6.07) is 7.77. The number of rotatable bonds is 9. The summed E-state index contributed by atoms with van der Waals surface area (Å²) in [5, 5.41) is 14.2. The quantitative estimate of drug-likeness (QED) is 0.367. The van der Waals surface area contributed by atoms with E-state index in [1.54, 1.807) is 17.9 Å². The molecule has 168 valence electrons. The van der Waals surface area contributed by atoms with E-state index < -0.39 is 0 Å². The highest BCUT2D eigenvalue weighted by Crippen LogP contribution is 2.22. The minimum Gasteiger partial charge on any atom is -0.761 e. The van der Waals surface area contributed by atoms with Crippen LogP contribution < -0.4 is 15.5 Å². The van der Waals surface area contributed by atoms with Crippen molar-refractivity contribution >= 4 is 23.1 Å². The minimum absolute atomic E-state index is 0.0564. The third-order valence-corrected chi connectivity index (χ3v) is 5.10. The van der Waals surface area contributed by atoms with Crippen LogP contribution >= 0.6 is 11.6 Å². The monoisotopic (exact) mass is 456 g/mol. The highest BCUT2D eigenvalue weighted by atomic mass is 35.5. The van der Waals surface area contributed by atoms with Crippen LogP contribution in [0.4, 0.5) is 11.5 Å². The van der Waals surface area contributed by atoms with Crippen LogP contribution in [0.2, 0.25) is 5.28 Å². The predicted molar refractivity (Wildman–Crippen MR) is 122 cm³/mol. The summed E-state index contributed by atoms with van der Waals surface area (Å²) in [6.45, 7) is 5.27. The molecule has 0 atom stereocenters. The van der Waals surface area contributed by atoms with Gasteiger partial charge in [0.15, 0.2) is 17.4 Å². The van der Waals surface area contributed by atoms with Crippen LogP contribution in [0.3, 0.4) is 0 Å². The fraction of sp³-hybridized carbons (Fsp3) is 0.333. The molecule has 2 N–H and O–H groups in total. The Labute approximate surface area is 190 Å². The molecule has 0 radical (unpaired) electrons. The van der Waals surface area contributed by atoms with Crippen LogP contribution in [0.15, 0.2) is 42.9 Å². The van der Waals surface area contributed by atoms with Crippen LogP contribution in [-0.2, 0) is 11.3 Å². The Balaban J connectivity index is 1.34. The maximum atomic E-state index is 11.0. The average Bonchev–Trinajstić information content (AvgIpc) is 2.84. The summed E-state index contributed by atoms with van der Waals surface area (Å²) in [4.78, 5) is 19.0. The molecule has 1 fully saturated rings. The molecule has 0 spiro atoms. The number of ether oxygens (including phenoxy) is 2. The molecule has 0 saturated carbocycles. The van der Waals surface area contributed by atoms with Crippen molar-refractivity contribution < 1.29 is 9.47 Å². The molecule has 3 heterocycles. The van der Waals surface area contributed by atoms with E-state index in [4.69, 9.17) is 21.1 Å². The Hall–Kier alpha value is -3.05. The third kappa shape index (κ3) is 6.01. The lowest BCUT2D eigenvalue weighted by atomic mass is 10.1. The summed E-state index contributed by atoms with van der Waals surface area (Å²) in [5.41, 5.74) is 3.85. The zero-order valence-corrected chi connectivity index (χ0v) is 18.1. The molecule has 0 bridgehead atoms. The van der Waals surface area contributed by atoms with Crippen molar-refractivity contribution in [3.05, 3.63) is 58.9 Å². The van der Waals surface area contributed by atoms with Gasteiger partial charge in [-0.3, -0.25) is 4.90 Å². The van der Waals surface area contributed by atoms with Crippen molar-refractivity contribution in [2.75, 3.05) is 50.3 Å². The van der Waals surface area contributed by atoms with E-state index in [0.29, 0.717) is 30.5 Å². The van der Waals surface area contributed by atoms with Gasteiger partial charge < -0.3 is 25.5 Å². The maximum Gasteiger partial charge on any atom is 0.224 e. The first kappa shape index (κ1) is 22.2. The van der Waals surface area contributed by atoms with E-state index >= 15 is 0 Å². The lowest BCUT2D eigenvalue weighted by Crippen LogP contribution is -2.38. The molecule has 2 aromatic heterocycles. The smallest absolute Gasteiger partial charge is 0.224 e. The van der Waals surface area contributed by atoms with E-state index in [1.165, 1.54) is 6.20 Å². The molecule has 0 unspecified atom stereocenters. The number of nitrogens with one attached hydrogen (secondary N) is 2. The van der Waals surface area contributed by atoms with Crippen molar-refractivity contribution in [2.45, 2.75) is 6.54 Å². The van der Waals surface area contributed by atoms with Crippen LogP contribution in [0.1, 0.15) is 5.56 Å². The van der Waals surface area contributed by atoms with Gasteiger partial charge in [0, 0.05) is 31.7 Å². The predicted octanol–water partition coefficient (Wildman–Crippen LogP) is 2.82. The number of anilines is 2. The fourth-order valence-electron chi connectivity index (χ4n) is 3.23. The summed E-state index contributed by atoms with van der Waals surface area (Å²) in [7, 11) is 0. The van der Waals surface area contributed by atoms with Gasteiger partial charge in [-0.25, -0.2) is 15.0 Å². The number of hydrogen-bond donors (Lipinski definition) is 2. The van der Waals surface area contributed by atoms with Crippen molar-refractivity contribution in [1.82, 2.24) is 24.8 Å². The van der Waals surface area contributed by atoms with Crippen molar-refractivity contribution in [1.29, 1.82) is 0 Å². The van der Waals surface area contributed by atoms with Gasteiger partial charge >= 0.3 is 0 Å². The Morgan fingerprint density at radius 2 is 1.94 bits per heavy atom. The fourth-order valence-corrected chi connectivity index (χ4v) is 3.37. The lowest BCUT2D eigenvalue weighted by Gasteiger charge is -2.26. The third-order valence-electron chi connectivity index (χ3n) is 4.92. The Bertz CT molecular complexity index is 1020. The summed E-state index contributed by atoms with van der Waals surface area (Å²) < 4.78 is 11.1. The molecule has 1 aromatic carbocycles. The van der Waals surface area contributed by atoms with E-state index in [2.05, 4.69) is 30.2 Å². The summed E-state index contributed by atoms with van der Waals surface area (Å²) >= 11 is 5.82. The van der Waals surface area contributed by atoms with Crippen molar-refractivity contribution in [2.24, 2.45) is 0 Å². The first-order valence-electron chi connectivity index (χ1n) is 10.2. The van der Waals surface area contributed by atoms with Crippen molar-refractivity contribution in [3.8, 4) is 17.1 Å². The van der Waals surface area contributed by atoms with Gasteiger partial charge in [-0.05, 0) is 23.2 Å². The first-order chi connectivity index (χ1) is 15.7. The standard InChI is InChI=1S/C21H23ClN7O3/c22-21-26-14-18(28-30)20(27-21)23-11-15-2-1-3-16(10-15)19-24-12-17(13-25-19)32-9-6-29-4-7-31-8-5-29/h1-3,10,12-14,28H,4-9,11H2,(H,23,26,27)/q-1. The number of aromatic nitrogens is 4. The average molecular weight is 457 g/mol. The Kier molecular flexibility index (Phi) is 7.62. The van der Waals surface area contributed by atoms with Gasteiger partial charge in [-0.1, -0.05) is 18.2 Å². The van der Waals surface area contributed by atoms with Gasteiger partial charge in [0.2, 0.25) is 5.28 Å². The number of nitrogens with zero attached hydrogens (tertiary/aromatic N) is 5. The number of morpholine rings is 1. The normalized spacial score (nSPS) is 14.2. The second-order valence-corrected chi connectivity index (χ2v) is 7.44. The van der Waals surface area contributed by atoms with Gasteiger partial charge in [-0.2, -0.15) is 4.98 Å². The van der Waals surface area contributed by atoms with Crippen LogP contribution in [0.25, 0.3) is 11.4 Å². The van der Waals surface area contributed by atoms with E-state index in [9.17, 15) is 5.21 Å². The SMILES string of the molecule is [O-]Nc1cnc(Cl)nc1NCc1cccc(-c2ncc(OCCN3CCOCC3)cn2)c1. The lowest BCUT2D eigenvalue weighted by molar-refractivity contribution is 0.0322. The highest BCUT2D eigenvalue weighted by Gasteiger charge is 2.10. The number of halogens is 1. The van der Waals surface area contributed by atoms with Gasteiger partial charge in [0.05, 0.1) is 37.5 Å². The molecular formula is C21H23ClN7O3-. The number of benzene rings is 1. The van der Waals surface area contributed by atoms with Crippen LogP contribution in [-0.4, -0.2) is 64.3 Å².